The third-order valence-corrected chi connectivity index (χ3v) is 6.07. The largest absolute Gasteiger partial charge is 0.477 e. The van der Waals surface area contributed by atoms with Crippen molar-refractivity contribution in [3.8, 4) is 10.9 Å². The van der Waals surface area contributed by atoms with Crippen molar-refractivity contribution in [2.75, 3.05) is 0 Å². The molecule has 10 heteroatoms. The molecule has 4 aromatic rings. The molecule has 0 saturated carbocycles. The molecule has 0 amide bonds. The third-order valence-electron chi connectivity index (χ3n) is 4.95. The molecule has 0 unspecified atom stereocenters. The molecule has 0 fully saturated rings. The van der Waals surface area contributed by atoms with Crippen LogP contribution in [0.1, 0.15) is 40.6 Å². The van der Waals surface area contributed by atoms with Crippen molar-refractivity contribution in [1.29, 1.82) is 0 Å². The lowest BCUT2D eigenvalue weighted by molar-refractivity contribution is 0.0702. The van der Waals surface area contributed by atoms with Gasteiger partial charge in [-0.15, -0.1) is 0 Å². The van der Waals surface area contributed by atoms with E-state index in [2.05, 4.69) is 15.0 Å². The van der Waals surface area contributed by atoms with Gasteiger partial charge in [0.05, 0.1) is 18.4 Å². The van der Waals surface area contributed by atoms with E-state index in [4.69, 9.17) is 21.4 Å². The Hall–Kier alpha value is -3.69. The molecule has 0 aliphatic heterocycles. The fourth-order valence-corrected chi connectivity index (χ4v) is 3.93. The Labute approximate surface area is 203 Å². The Kier molecular flexibility index (Phi) is 6.95. The van der Waals surface area contributed by atoms with Gasteiger partial charge in [-0.1, -0.05) is 48.9 Å². The van der Waals surface area contributed by atoms with E-state index in [1.165, 1.54) is 6.20 Å². The number of nitrogens with zero attached hydrogens (tertiary/aromatic N) is 3. The Bertz CT molecular complexity index is 1440. The summed E-state index contributed by atoms with van der Waals surface area (Å²) in [5, 5.41) is 9.87. The van der Waals surface area contributed by atoms with Gasteiger partial charge in [0.15, 0.2) is 0 Å². The first-order valence-electron chi connectivity index (χ1n) is 10.4. The first kappa shape index (κ1) is 23.5. The fraction of sp³-hybridized carbons (Fsp3) is 0.167. The summed E-state index contributed by atoms with van der Waals surface area (Å²) in [4.78, 5) is 36.0. The molecule has 2 aromatic heterocycles. The van der Waals surface area contributed by atoms with Gasteiger partial charge in [0, 0.05) is 16.8 Å². The molecule has 0 spiro atoms. The van der Waals surface area contributed by atoms with E-state index in [1.54, 1.807) is 47.2 Å². The molecule has 0 bridgehead atoms. The van der Waals surface area contributed by atoms with Crippen LogP contribution in [-0.2, 0) is 6.54 Å². The summed E-state index contributed by atoms with van der Waals surface area (Å²) < 4.78 is 7.22. The number of ether oxygens (including phenoxy) is 1. The summed E-state index contributed by atoms with van der Waals surface area (Å²) in [6, 6.07) is 14.2. The van der Waals surface area contributed by atoms with Gasteiger partial charge in [0.2, 0.25) is 5.62 Å². The van der Waals surface area contributed by atoms with Crippen molar-refractivity contribution >= 4 is 34.6 Å². The lowest BCUT2D eigenvalue weighted by atomic mass is 10.1. The van der Waals surface area contributed by atoms with E-state index in [0.717, 1.165) is 16.9 Å². The summed E-state index contributed by atoms with van der Waals surface area (Å²) in [5.41, 5.74) is 2.49. The number of hydrogen-bond acceptors (Lipinski definition) is 6. The monoisotopic (exact) mass is 496 g/mol. The van der Waals surface area contributed by atoms with Crippen LogP contribution in [0, 0.1) is 0 Å². The maximum atomic E-state index is 13.2. The summed E-state index contributed by atoms with van der Waals surface area (Å²) >= 11 is 6.94. The smallest absolute Gasteiger partial charge is 0.347 e. The lowest BCUT2D eigenvalue weighted by Gasteiger charge is -2.11. The molecule has 0 radical (unpaired) electrons. The molecule has 0 atom stereocenters. The van der Waals surface area contributed by atoms with Crippen molar-refractivity contribution in [2.24, 2.45) is 4.99 Å². The Morgan fingerprint density at radius 2 is 1.91 bits per heavy atom. The highest BCUT2D eigenvalue weighted by atomic mass is 35.5. The zero-order valence-electron chi connectivity index (χ0n) is 18.4. The lowest BCUT2D eigenvalue weighted by Crippen LogP contribution is -2.38. The van der Waals surface area contributed by atoms with E-state index >= 15 is 0 Å². The molecule has 2 heterocycles. The molecular weight excluding hydrogens is 476 g/mol. The fourth-order valence-electron chi connectivity index (χ4n) is 3.18. The zero-order chi connectivity index (χ0) is 24.2. The van der Waals surface area contributed by atoms with Gasteiger partial charge in [0.1, 0.15) is 10.6 Å². The van der Waals surface area contributed by atoms with Gasteiger partial charge in [0.25, 0.3) is 10.8 Å². The quantitative estimate of drug-likeness (QED) is 0.366. The van der Waals surface area contributed by atoms with Gasteiger partial charge < -0.3 is 14.8 Å². The summed E-state index contributed by atoms with van der Waals surface area (Å²) in [6.45, 7) is 4.27. The first-order chi connectivity index (χ1) is 16.3. The van der Waals surface area contributed by atoms with Crippen LogP contribution in [0.3, 0.4) is 0 Å². The van der Waals surface area contributed by atoms with Crippen LogP contribution in [0.4, 0.5) is 5.69 Å². The number of nitrogens with one attached hydrogen (secondary N) is 1. The second kappa shape index (κ2) is 10.1. The predicted octanol–water partition coefficient (Wildman–Crippen LogP) is 5.18. The molecule has 4 rings (SSSR count). The van der Waals surface area contributed by atoms with Crippen molar-refractivity contribution in [1.82, 2.24) is 14.5 Å². The maximum absolute atomic E-state index is 13.2. The van der Waals surface area contributed by atoms with Gasteiger partial charge in [-0.2, -0.15) is 0 Å². The number of carbonyl (C=O) groups is 1. The number of aromatic amines is 1. The highest BCUT2D eigenvalue weighted by molar-refractivity contribution is 7.15. The van der Waals surface area contributed by atoms with Gasteiger partial charge >= 0.3 is 5.97 Å². The molecule has 8 nitrogen and oxygen atoms in total. The highest BCUT2D eigenvalue weighted by Crippen LogP contribution is 2.27. The van der Waals surface area contributed by atoms with Crippen molar-refractivity contribution in [3.05, 3.63) is 97.9 Å². The summed E-state index contributed by atoms with van der Waals surface area (Å²) in [5.74, 6) is -0.507. The average molecular weight is 497 g/mol. The summed E-state index contributed by atoms with van der Waals surface area (Å²) in [7, 11) is 0. The van der Waals surface area contributed by atoms with E-state index in [9.17, 15) is 9.59 Å². The molecule has 0 aliphatic carbocycles. The first-order valence-corrected chi connectivity index (χ1v) is 11.6. The molecule has 2 N–H and O–H groups in total. The number of carboxylic acids is 1. The number of rotatable bonds is 7. The van der Waals surface area contributed by atoms with Crippen molar-refractivity contribution in [2.45, 2.75) is 26.3 Å². The number of benzene rings is 2. The Balaban J connectivity index is 1.65. The molecule has 34 heavy (non-hydrogen) atoms. The van der Waals surface area contributed by atoms with E-state index in [-0.39, 0.29) is 21.5 Å². The van der Waals surface area contributed by atoms with E-state index < -0.39 is 5.97 Å². The van der Waals surface area contributed by atoms with Crippen molar-refractivity contribution < 1.29 is 14.6 Å². The number of carboxylic acid groups (broad SMARTS) is 1. The van der Waals surface area contributed by atoms with Crippen LogP contribution in [-0.4, -0.2) is 25.6 Å². The van der Waals surface area contributed by atoms with Crippen LogP contribution >= 0.6 is 22.9 Å². The summed E-state index contributed by atoms with van der Waals surface area (Å²) in [6.07, 6.45) is 2.95. The van der Waals surface area contributed by atoms with Crippen LogP contribution in [0.15, 0.2) is 70.7 Å². The van der Waals surface area contributed by atoms with Gasteiger partial charge in [-0.05, 0) is 47.9 Å². The van der Waals surface area contributed by atoms with Crippen LogP contribution in [0.2, 0.25) is 5.02 Å². The molecule has 0 aliphatic rings. The second-order valence-corrected chi connectivity index (χ2v) is 9.17. The molecule has 2 aromatic carbocycles. The Morgan fingerprint density at radius 3 is 2.53 bits per heavy atom. The minimum absolute atomic E-state index is 0.0539. The van der Waals surface area contributed by atoms with Crippen LogP contribution in [0.25, 0.3) is 0 Å². The van der Waals surface area contributed by atoms with Crippen LogP contribution in [0.5, 0.6) is 10.9 Å². The Morgan fingerprint density at radius 1 is 1.21 bits per heavy atom. The topological polar surface area (TPSA) is 110 Å². The highest BCUT2D eigenvalue weighted by Gasteiger charge is 2.12. The number of hydrogen-bond donors (Lipinski definition) is 2. The number of aromatic nitrogens is 3. The normalized spacial score (nSPS) is 11.7. The SMILES string of the molecule is CC(C)c1c[nH]/c(=N\c2ccc(Oc3ncc(C(=O)O)s3)cc2)n(Cc2ccc(Cl)cc2)c1=O. The standard InChI is InChI=1S/C24H21ClN4O4S/c1-14(2)19-11-26-23(29(21(19)30)13-15-3-5-16(25)6-4-15)28-17-7-9-18(10-8-17)33-24-27-12-20(34-24)22(31)32/h3-12,14H,13H2,1-2H3,(H,26,28)(H,31,32). The molecule has 0 saturated heterocycles. The second-order valence-electron chi connectivity index (χ2n) is 7.74. The number of H-pyrrole nitrogens is 1. The maximum Gasteiger partial charge on any atom is 0.347 e. The zero-order valence-corrected chi connectivity index (χ0v) is 19.9. The molecule has 174 valence electrons. The predicted molar refractivity (Wildman–Crippen MR) is 131 cm³/mol. The van der Waals surface area contributed by atoms with E-state index in [0.29, 0.717) is 34.2 Å². The minimum atomic E-state index is -1.05. The average Bonchev–Trinajstić information content (AvgIpc) is 3.27. The van der Waals surface area contributed by atoms with Gasteiger partial charge in [-0.25, -0.2) is 14.8 Å². The van der Waals surface area contributed by atoms with Gasteiger partial charge in [-0.3, -0.25) is 9.36 Å². The minimum Gasteiger partial charge on any atom is -0.477 e. The van der Waals surface area contributed by atoms with Crippen molar-refractivity contribution in [3.63, 3.8) is 0 Å². The third kappa shape index (κ3) is 5.44. The van der Waals surface area contributed by atoms with E-state index in [1.807, 2.05) is 26.0 Å². The number of thiazole rings is 1. The number of aromatic carboxylic acids is 1. The molecular formula is C24H21ClN4O4S. The number of halogens is 1. The van der Waals surface area contributed by atoms with Crippen LogP contribution < -0.4 is 15.9 Å².